The largest absolute Gasteiger partial charge is 0.493 e. The average molecular weight is 388 g/mol. The van der Waals surface area contributed by atoms with Crippen molar-refractivity contribution < 1.29 is 27.7 Å². The predicted octanol–water partition coefficient (Wildman–Crippen LogP) is 4.26. The van der Waals surface area contributed by atoms with Crippen LogP contribution in [0.4, 0.5) is 8.78 Å². The number of alkyl halides is 2. The molecule has 0 saturated heterocycles. The molecule has 142 valence electrons. The van der Waals surface area contributed by atoms with Gasteiger partial charge in [0.1, 0.15) is 5.75 Å². The summed E-state index contributed by atoms with van der Waals surface area (Å²) in [6.07, 6.45) is 0. The van der Waals surface area contributed by atoms with E-state index in [9.17, 15) is 8.78 Å². The van der Waals surface area contributed by atoms with Crippen LogP contribution in [0, 0.1) is 0 Å². The van der Waals surface area contributed by atoms with Gasteiger partial charge in [-0.15, -0.1) is 0 Å². The third kappa shape index (κ3) is 5.12. The van der Waals surface area contributed by atoms with Crippen LogP contribution >= 0.6 is 11.6 Å². The van der Waals surface area contributed by atoms with Crippen LogP contribution in [-0.4, -0.2) is 27.9 Å². The fraction of sp³-hybridized carbons (Fsp3) is 0.333. The summed E-state index contributed by atoms with van der Waals surface area (Å²) in [5.41, 5.74) is 1.41. The zero-order chi connectivity index (χ0) is 19.1. The highest BCUT2D eigenvalue weighted by Crippen LogP contribution is 2.38. The van der Waals surface area contributed by atoms with Gasteiger partial charge in [0, 0.05) is 23.7 Å². The van der Waals surface area contributed by atoms with Crippen LogP contribution in [0.5, 0.6) is 23.0 Å². The van der Waals surface area contributed by atoms with Crippen molar-refractivity contribution in [3.8, 4) is 23.0 Å². The van der Waals surface area contributed by atoms with Crippen LogP contribution in [0.2, 0.25) is 5.02 Å². The van der Waals surface area contributed by atoms with E-state index in [1.165, 1.54) is 33.5 Å². The smallest absolute Gasteiger partial charge is 0.387 e. The molecule has 8 heteroatoms. The van der Waals surface area contributed by atoms with Crippen molar-refractivity contribution in [1.82, 2.24) is 5.32 Å². The van der Waals surface area contributed by atoms with Crippen LogP contribution < -0.4 is 24.3 Å². The molecule has 2 rings (SSSR count). The predicted molar refractivity (Wildman–Crippen MR) is 94.7 cm³/mol. The zero-order valence-corrected chi connectivity index (χ0v) is 15.4. The second-order valence-electron chi connectivity index (χ2n) is 5.27. The first kappa shape index (κ1) is 20.1. The lowest BCUT2D eigenvalue weighted by molar-refractivity contribution is -0.0505. The molecule has 26 heavy (non-hydrogen) atoms. The quantitative estimate of drug-likeness (QED) is 0.696. The van der Waals surface area contributed by atoms with E-state index in [4.69, 9.17) is 25.8 Å². The van der Waals surface area contributed by atoms with E-state index in [2.05, 4.69) is 10.1 Å². The molecule has 0 aliphatic heterocycles. The number of nitrogens with one attached hydrogen (secondary N) is 1. The zero-order valence-electron chi connectivity index (χ0n) is 14.6. The molecule has 0 aliphatic carbocycles. The molecular weight excluding hydrogens is 368 g/mol. The normalized spacial score (nSPS) is 10.7. The lowest BCUT2D eigenvalue weighted by Crippen LogP contribution is -2.15. The summed E-state index contributed by atoms with van der Waals surface area (Å²) in [5.74, 6) is 1.66. The fourth-order valence-corrected chi connectivity index (χ4v) is 2.67. The number of ether oxygens (including phenoxy) is 4. The average Bonchev–Trinajstić information content (AvgIpc) is 2.62. The molecule has 0 spiro atoms. The Morgan fingerprint density at radius 1 is 0.923 bits per heavy atom. The Balaban J connectivity index is 2.12. The summed E-state index contributed by atoms with van der Waals surface area (Å²) in [6.45, 7) is -2.17. The Labute approximate surface area is 155 Å². The molecule has 0 saturated carbocycles. The van der Waals surface area contributed by atoms with Crippen LogP contribution in [-0.2, 0) is 13.1 Å². The van der Waals surface area contributed by atoms with Gasteiger partial charge in [-0.3, -0.25) is 0 Å². The second kappa shape index (κ2) is 9.45. The molecule has 0 aliphatic rings. The number of halogens is 3. The molecule has 5 nitrogen and oxygen atoms in total. The van der Waals surface area contributed by atoms with E-state index in [0.29, 0.717) is 40.9 Å². The van der Waals surface area contributed by atoms with Crippen molar-refractivity contribution in [2.75, 3.05) is 21.3 Å². The topological polar surface area (TPSA) is 49.0 Å². The minimum absolute atomic E-state index is 0.0850. The van der Waals surface area contributed by atoms with Gasteiger partial charge < -0.3 is 24.3 Å². The minimum atomic E-state index is -2.90. The summed E-state index contributed by atoms with van der Waals surface area (Å²) in [7, 11) is 4.60. The van der Waals surface area contributed by atoms with Crippen LogP contribution in [0.3, 0.4) is 0 Å². The number of benzene rings is 2. The molecular formula is C18H20ClF2NO4. The molecule has 2 aromatic rings. The van der Waals surface area contributed by atoms with E-state index in [-0.39, 0.29) is 5.75 Å². The van der Waals surface area contributed by atoms with Gasteiger partial charge in [-0.1, -0.05) is 11.6 Å². The maximum Gasteiger partial charge on any atom is 0.387 e. The Bertz CT molecular complexity index is 718. The van der Waals surface area contributed by atoms with E-state index >= 15 is 0 Å². The molecule has 0 unspecified atom stereocenters. The maximum absolute atomic E-state index is 12.5. The summed E-state index contributed by atoms with van der Waals surface area (Å²) in [5, 5.41) is 3.60. The highest BCUT2D eigenvalue weighted by Gasteiger charge is 2.14. The van der Waals surface area contributed by atoms with Crippen LogP contribution in [0.15, 0.2) is 30.3 Å². The summed E-state index contributed by atoms with van der Waals surface area (Å²) < 4.78 is 45.4. The van der Waals surface area contributed by atoms with Crippen molar-refractivity contribution in [3.05, 3.63) is 46.5 Å². The third-order valence-electron chi connectivity index (χ3n) is 3.61. The first-order chi connectivity index (χ1) is 12.5. The van der Waals surface area contributed by atoms with Gasteiger partial charge in [0.2, 0.25) is 5.75 Å². The minimum Gasteiger partial charge on any atom is -0.493 e. The van der Waals surface area contributed by atoms with E-state index in [1.807, 2.05) is 12.1 Å². The van der Waals surface area contributed by atoms with Crippen molar-refractivity contribution in [2.45, 2.75) is 19.7 Å². The van der Waals surface area contributed by atoms with E-state index in [1.54, 1.807) is 6.07 Å². The maximum atomic E-state index is 12.5. The Hall–Kier alpha value is -2.25. The molecule has 0 heterocycles. The SMILES string of the molecule is COc1cc(CNCc2cc(Cl)ccc2OC(F)F)cc(OC)c1OC. The van der Waals surface area contributed by atoms with E-state index < -0.39 is 6.61 Å². The molecule has 0 radical (unpaired) electrons. The standard InChI is InChI=1S/C18H20ClF2NO4/c1-23-15-6-11(7-16(24-2)17(15)25-3)9-22-10-12-8-13(19)4-5-14(12)26-18(20)21/h4-8,18,22H,9-10H2,1-3H3. The summed E-state index contributed by atoms with van der Waals surface area (Å²) in [6, 6.07) is 8.13. The Morgan fingerprint density at radius 3 is 2.12 bits per heavy atom. The van der Waals surface area contributed by atoms with Crippen molar-refractivity contribution in [1.29, 1.82) is 0 Å². The van der Waals surface area contributed by atoms with Gasteiger partial charge in [0.05, 0.1) is 21.3 Å². The summed E-state index contributed by atoms with van der Waals surface area (Å²) in [4.78, 5) is 0. The molecule has 0 bridgehead atoms. The molecule has 0 aromatic heterocycles. The molecule has 0 fully saturated rings. The van der Waals surface area contributed by atoms with Gasteiger partial charge in [0.25, 0.3) is 0 Å². The fourth-order valence-electron chi connectivity index (χ4n) is 2.48. The second-order valence-corrected chi connectivity index (χ2v) is 5.70. The highest BCUT2D eigenvalue weighted by atomic mass is 35.5. The van der Waals surface area contributed by atoms with Crippen molar-refractivity contribution in [2.24, 2.45) is 0 Å². The van der Waals surface area contributed by atoms with Gasteiger partial charge in [-0.2, -0.15) is 8.78 Å². The third-order valence-corrected chi connectivity index (χ3v) is 3.84. The van der Waals surface area contributed by atoms with Crippen LogP contribution in [0.25, 0.3) is 0 Å². The monoisotopic (exact) mass is 387 g/mol. The lowest BCUT2D eigenvalue weighted by atomic mass is 10.1. The lowest BCUT2D eigenvalue weighted by Gasteiger charge is -2.15. The van der Waals surface area contributed by atoms with Gasteiger partial charge in [0.15, 0.2) is 11.5 Å². The van der Waals surface area contributed by atoms with Crippen LogP contribution in [0.1, 0.15) is 11.1 Å². The number of hydrogen-bond donors (Lipinski definition) is 1. The van der Waals surface area contributed by atoms with E-state index in [0.717, 1.165) is 5.56 Å². The van der Waals surface area contributed by atoms with Gasteiger partial charge in [-0.05, 0) is 35.9 Å². The van der Waals surface area contributed by atoms with Crippen molar-refractivity contribution >= 4 is 11.6 Å². The number of methoxy groups -OCH3 is 3. The molecule has 0 atom stereocenters. The number of rotatable bonds is 9. The summed E-state index contributed by atoms with van der Waals surface area (Å²) >= 11 is 5.94. The molecule has 0 amide bonds. The van der Waals surface area contributed by atoms with Gasteiger partial charge >= 0.3 is 6.61 Å². The first-order valence-electron chi connectivity index (χ1n) is 7.71. The highest BCUT2D eigenvalue weighted by molar-refractivity contribution is 6.30. The Morgan fingerprint density at radius 2 is 1.58 bits per heavy atom. The van der Waals surface area contributed by atoms with Crippen molar-refractivity contribution in [3.63, 3.8) is 0 Å². The molecule has 2 aromatic carbocycles. The Kier molecular flexibility index (Phi) is 7.29. The van der Waals surface area contributed by atoms with Gasteiger partial charge in [-0.25, -0.2) is 0 Å². The number of hydrogen-bond acceptors (Lipinski definition) is 5. The molecule has 1 N–H and O–H groups in total. The first-order valence-corrected chi connectivity index (χ1v) is 8.09.